The van der Waals surface area contributed by atoms with Crippen LogP contribution in [-0.4, -0.2) is 17.2 Å². The maximum Gasteiger partial charge on any atom is 1.00 e. The molecule has 0 bridgehead atoms. The first-order valence-corrected chi connectivity index (χ1v) is 3.32. The molecule has 0 aliphatic heterocycles. The third kappa shape index (κ3) is 3.13. The molecule has 0 unspecified atom stereocenters. The SMILES string of the molecule is C=Cc1cccc(B(O)O)c1.[H-].[Na+]. The van der Waals surface area contributed by atoms with Crippen molar-refractivity contribution in [1.29, 1.82) is 0 Å². The van der Waals surface area contributed by atoms with E-state index in [0.29, 0.717) is 5.46 Å². The van der Waals surface area contributed by atoms with E-state index in [9.17, 15) is 0 Å². The normalized spacial score (nSPS) is 8.50. The molecule has 0 fully saturated rings. The van der Waals surface area contributed by atoms with Crippen LogP contribution in [0.1, 0.15) is 6.99 Å². The van der Waals surface area contributed by atoms with Crippen molar-refractivity contribution in [3.8, 4) is 0 Å². The van der Waals surface area contributed by atoms with Crippen LogP contribution < -0.4 is 35.0 Å². The Kier molecular flexibility index (Phi) is 5.54. The van der Waals surface area contributed by atoms with E-state index < -0.39 is 7.12 Å². The molecular weight excluding hydrogens is 162 g/mol. The number of benzene rings is 1. The van der Waals surface area contributed by atoms with Gasteiger partial charge in [0.15, 0.2) is 0 Å². The van der Waals surface area contributed by atoms with Gasteiger partial charge in [0.25, 0.3) is 0 Å². The molecule has 0 atom stereocenters. The molecule has 0 heterocycles. The van der Waals surface area contributed by atoms with Gasteiger partial charge in [-0.3, -0.25) is 0 Å². The fourth-order valence-electron chi connectivity index (χ4n) is 0.847. The quantitative estimate of drug-likeness (QED) is 0.470. The Labute approximate surface area is 95.9 Å². The molecule has 0 radical (unpaired) electrons. The molecular formula is C8H10BNaO2. The van der Waals surface area contributed by atoms with Crippen LogP contribution in [0.15, 0.2) is 30.8 Å². The maximum absolute atomic E-state index is 8.76. The van der Waals surface area contributed by atoms with Crippen molar-refractivity contribution in [1.82, 2.24) is 0 Å². The first kappa shape index (κ1) is 11.9. The number of hydrogen-bond donors (Lipinski definition) is 2. The van der Waals surface area contributed by atoms with Crippen LogP contribution in [0.25, 0.3) is 6.08 Å². The third-order valence-corrected chi connectivity index (χ3v) is 1.44. The van der Waals surface area contributed by atoms with Gasteiger partial charge in [0.2, 0.25) is 0 Å². The van der Waals surface area contributed by atoms with Gasteiger partial charge in [-0.05, 0) is 11.0 Å². The van der Waals surface area contributed by atoms with Crippen molar-refractivity contribution < 1.29 is 41.0 Å². The Hall–Kier alpha value is -0.0551. The molecule has 1 aromatic carbocycles. The third-order valence-electron chi connectivity index (χ3n) is 1.44. The van der Waals surface area contributed by atoms with Crippen LogP contribution in [0.3, 0.4) is 0 Å². The predicted octanol–water partition coefficient (Wildman–Crippen LogP) is -2.87. The van der Waals surface area contributed by atoms with Crippen LogP contribution in [0, 0.1) is 0 Å². The molecule has 0 amide bonds. The summed E-state index contributed by atoms with van der Waals surface area (Å²) >= 11 is 0. The summed E-state index contributed by atoms with van der Waals surface area (Å²) in [4.78, 5) is 0. The van der Waals surface area contributed by atoms with Crippen molar-refractivity contribution in [3.63, 3.8) is 0 Å². The van der Waals surface area contributed by atoms with Gasteiger partial charge in [0.05, 0.1) is 0 Å². The summed E-state index contributed by atoms with van der Waals surface area (Å²) in [7, 11) is -1.39. The first-order valence-electron chi connectivity index (χ1n) is 3.32. The van der Waals surface area contributed by atoms with Crippen molar-refractivity contribution in [2.24, 2.45) is 0 Å². The molecule has 58 valence electrons. The van der Waals surface area contributed by atoms with Crippen molar-refractivity contribution in [3.05, 3.63) is 36.4 Å². The van der Waals surface area contributed by atoms with Gasteiger partial charge in [-0.2, -0.15) is 0 Å². The topological polar surface area (TPSA) is 40.5 Å². The summed E-state index contributed by atoms with van der Waals surface area (Å²) in [5.41, 5.74) is 1.37. The average molecular weight is 172 g/mol. The summed E-state index contributed by atoms with van der Waals surface area (Å²) in [5.74, 6) is 0. The summed E-state index contributed by atoms with van der Waals surface area (Å²) in [6.07, 6.45) is 1.66. The van der Waals surface area contributed by atoms with Gasteiger partial charge in [0.1, 0.15) is 0 Å². The largest absolute Gasteiger partial charge is 1.00 e. The van der Waals surface area contributed by atoms with Crippen LogP contribution >= 0.6 is 0 Å². The second-order valence-electron chi connectivity index (χ2n) is 2.25. The van der Waals surface area contributed by atoms with Gasteiger partial charge < -0.3 is 11.5 Å². The second kappa shape index (κ2) is 5.57. The number of hydrogen-bond acceptors (Lipinski definition) is 2. The molecule has 2 N–H and O–H groups in total. The first-order chi connectivity index (χ1) is 5.24. The minimum Gasteiger partial charge on any atom is -1.00 e. The zero-order chi connectivity index (χ0) is 8.27. The summed E-state index contributed by atoms with van der Waals surface area (Å²) in [5, 5.41) is 17.5. The van der Waals surface area contributed by atoms with Gasteiger partial charge in [-0.25, -0.2) is 0 Å². The average Bonchev–Trinajstić information content (AvgIpc) is 2.05. The Morgan fingerprint density at radius 3 is 2.58 bits per heavy atom. The molecule has 1 aromatic rings. The van der Waals surface area contributed by atoms with E-state index >= 15 is 0 Å². The molecule has 0 aromatic heterocycles. The monoisotopic (exact) mass is 172 g/mol. The molecule has 2 nitrogen and oxygen atoms in total. The second-order valence-corrected chi connectivity index (χ2v) is 2.25. The van der Waals surface area contributed by atoms with Crippen molar-refractivity contribution >= 4 is 18.7 Å². The van der Waals surface area contributed by atoms with Crippen molar-refractivity contribution in [2.45, 2.75) is 0 Å². The molecule has 4 heteroatoms. The minimum atomic E-state index is -1.39. The van der Waals surface area contributed by atoms with Gasteiger partial charge >= 0.3 is 36.7 Å². The standard InChI is InChI=1S/C8H9BO2.Na.H/c1-2-7-4-3-5-8(6-7)9(10)11;;/h2-6,10-11H,1H2;;/q;+1;-1. The smallest absolute Gasteiger partial charge is 1.00 e. The van der Waals surface area contributed by atoms with E-state index in [1.54, 1.807) is 24.3 Å². The molecule has 0 aliphatic carbocycles. The van der Waals surface area contributed by atoms with E-state index in [2.05, 4.69) is 6.58 Å². The summed E-state index contributed by atoms with van der Waals surface area (Å²) in [6.45, 7) is 3.57. The summed E-state index contributed by atoms with van der Waals surface area (Å²) in [6, 6.07) is 6.93. The fraction of sp³-hybridized carbons (Fsp3) is 0. The van der Waals surface area contributed by atoms with E-state index in [1.165, 1.54) is 0 Å². The molecule has 12 heavy (non-hydrogen) atoms. The minimum absolute atomic E-state index is 0. The Morgan fingerprint density at radius 1 is 1.42 bits per heavy atom. The van der Waals surface area contributed by atoms with Crippen LogP contribution in [0.4, 0.5) is 0 Å². The zero-order valence-electron chi connectivity index (χ0n) is 8.07. The molecule has 0 saturated heterocycles. The van der Waals surface area contributed by atoms with Crippen LogP contribution in [-0.2, 0) is 0 Å². The summed E-state index contributed by atoms with van der Waals surface area (Å²) < 4.78 is 0. The Bertz CT molecular complexity index is 268. The predicted molar refractivity (Wildman–Crippen MR) is 47.5 cm³/mol. The van der Waals surface area contributed by atoms with Gasteiger partial charge in [-0.1, -0.05) is 36.9 Å². The van der Waals surface area contributed by atoms with E-state index in [0.717, 1.165) is 5.56 Å². The van der Waals surface area contributed by atoms with E-state index in [4.69, 9.17) is 10.0 Å². The molecule has 0 aliphatic rings. The van der Waals surface area contributed by atoms with E-state index in [1.807, 2.05) is 6.07 Å². The Balaban J connectivity index is 0. The molecule has 0 saturated carbocycles. The van der Waals surface area contributed by atoms with Crippen LogP contribution in [0.5, 0.6) is 0 Å². The Morgan fingerprint density at radius 2 is 2.08 bits per heavy atom. The molecule has 0 spiro atoms. The maximum atomic E-state index is 8.76. The van der Waals surface area contributed by atoms with E-state index in [-0.39, 0.29) is 31.0 Å². The number of rotatable bonds is 2. The fourth-order valence-corrected chi connectivity index (χ4v) is 0.847. The van der Waals surface area contributed by atoms with Crippen molar-refractivity contribution in [2.75, 3.05) is 0 Å². The van der Waals surface area contributed by atoms with Gasteiger partial charge in [0, 0.05) is 0 Å². The zero-order valence-corrected chi connectivity index (χ0v) is 9.07. The van der Waals surface area contributed by atoms with Gasteiger partial charge in [-0.15, -0.1) is 0 Å². The van der Waals surface area contributed by atoms with Crippen LogP contribution in [0.2, 0.25) is 0 Å². The molecule has 1 rings (SSSR count).